The minimum atomic E-state index is -3.61. The largest absolute Gasteiger partial charge is 0.399 e. The molecule has 0 aliphatic carbocycles. The van der Waals surface area contributed by atoms with Crippen LogP contribution < -0.4 is 10.0 Å². The minimum Gasteiger partial charge on any atom is -0.399 e. The summed E-state index contributed by atoms with van der Waals surface area (Å²) in [4.78, 5) is 0.260. The molecular weight excluding hydrogens is 352 g/mol. The van der Waals surface area contributed by atoms with Crippen LogP contribution in [0, 0.1) is 0 Å². The first-order chi connectivity index (χ1) is 9.96. The van der Waals surface area contributed by atoms with E-state index in [-0.39, 0.29) is 4.90 Å². The summed E-state index contributed by atoms with van der Waals surface area (Å²) < 4.78 is 27.8. The molecule has 2 aromatic carbocycles. The number of sulfonamides is 1. The molecule has 0 fully saturated rings. The molecule has 0 aromatic heterocycles. The topological polar surface area (TPSA) is 63.4 Å². The van der Waals surface area contributed by atoms with Gasteiger partial charge in [-0.25, -0.2) is 8.42 Å². The summed E-state index contributed by atoms with van der Waals surface area (Å²) in [5.41, 5.74) is 6.89. The number of nitrogens with two attached hydrogens (primary N) is 1. The van der Waals surface area contributed by atoms with Gasteiger partial charge in [0.05, 0.1) is 5.69 Å². The van der Waals surface area contributed by atoms with Crippen LogP contribution in [-0.2, 0) is 10.0 Å². The van der Waals surface area contributed by atoms with Gasteiger partial charge in [0.15, 0.2) is 0 Å². The Hall–Kier alpha value is -1.53. The van der Waals surface area contributed by atoms with Crippen molar-refractivity contribution in [2.24, 2.45) is 0 Å². The van der Waals surface area contributed by atoms with Crippen molar-refractivity contribution in [1.82, 2.24) is 0 Å². The van der Waals surface area contributed by atoms with Crippen LogP contribution >= 0.6 is 15.9 Å². The first-order valence-electron chi connectivity index (χ1n) is 6.59. The van der Waals surface area contributed by atoms with Crippen LogP contribution in [0.4, 0.5) is 11.4 Å². The lowest BCUT2D eigenvalue weighted by Crippen LogP contribution is -2.32. The Bertz CT molecular complexity index is 715. The standard InChI is InChI=1S/C15H17BrN2O2S/c1-2-11-18(13-9-7-12(17)8-10-13)21(19,20)15-6-4-3-5-14(15)16/h3-10H,2,11,17H2,1H3. The molecule has 0 atom stereocenters. The second-order valence-corrected chi connectivity index (χ2v) is 7.28. The van der Waals surface area contributed by atoms with Crippen LogP contribution in [0.2, 0.25) is 0 Å². The highest BCUT2D eigenvalue weighted by atomic mass is 79.9. The third-order valence-electron chi connectivity index (χ3n) is 3.01. The average molecular weight is 369 g/mol. The predicted molar refractivity (Wildman–Crippen MR) is 89.8 cm³/mol. The van der Waals surface area contributed by atoms with Crippen LogP contribution in [0.15, 0.2) is 57.9 Å². The van der Waals surface area contributed by atoms with E-state index in [1.54, 1.807) is 48.5 Å². The van der Waals surface area contributed by atoms with Gasteiger partial charge in [-0.1, -0.05) is 19.1 Å². The van der Waals surface area contributed by atoms with Gasteiger partial charge in [0.1, 0.15) is 4.90 Å². The maximum Gasteiger partial charge on any atom is 0.265 e. The van der Waals surface area contributed by atoms with Crippen molar-refractivity contribution in [2.75, 3.05) is 16.6 Å². The molecule has 21 heavy (non-hydrogen) atoms. The molecule has 0 spiro atoms. The van der Waals surface area contributed by atoms with Crippen molar-refractivity contribution in [1.29, 1.82) is 0 Å². The highest BCUT2D eigenvalue weighted by Gasteiger charge is 2.26. The smallest absolute Gasteiger partial charge is 0.265 e. The van der Waals surface area contributed by atoms with E-state index in [1.165, 1.54) is 4.31 Å². The third-order valence-corrected chi connectivity index (χ3v) is 5.85. The van der Waals surface area contributed by atoms with E-state index in [4.69, 9.17) is 5.73 Å². The Morgan fingerprint density at radius 2 is 1.71 bits per heavy atom. The Morgan fingerprint density at radius 3 is 2.29 bits per heavy atom. The molecule has 0 bridgehead atoms. The van der Waals surface area contributed by atoms with E-state index in [0.717, 1.165) is 0 Å². The van der Waals surface area contributed by atoms with E-state index in [9.17, 15) is 8.42 Å². The summed E-state index contributed by atoms with van der Waals surface area (Å²) >= 11 is 3.31. The molecule has 0 aliphatic heterocycles. The highest BCUT2D eigenvalue weighted by Crippen LogP contribution is 2.29. The van der Waals surface area contributed by atoms with Crippen LogP contribution in [0.3, 0.4) is 0 Å². The number of hydrogen-bond acceptors (Lipinski definition) is 3. The zero-order chi connectivity index (χ0) is 15.5. The maximum atomic E-state index is 12.9. The van der Waals surface area contributed by atoms with E-state index in [1.807, 2.05) is 6.92 Å². The van der Waals surface area contributed by atoms with Crippen LogP contribution in [0.1, 0.15) is 13.3 Å². The average Bonchev–Trinajstić information content (AvgIpc) is 2.46. The molecule has 0 aliphatic rings. The summed E-state index contributed by atoms with van der Waals surface area (Å²) in [5.74, 6) is 0. The van der Waals surface area contributed by atoms with E-state index < -0.39 is 10.0 Å². The van der Waals surface area contributed by atoms with Crippen LogP contribution in [-0.4, -0.2) is 15.0 Å². The Labute approximate surface area is 133 Å². The molecule has 0 saturated heterocycles. The maximum absolute atomic E-state index is 12.9. The number of benzene rings is 2. The number of halogens is 1. The normalized spacial score (nSPS) is 11.3. The molecule has 2 aromatic rings. The second kappa shape index (κ2) is 6.49. The number of hydrogen-bond donors (Lipinski definition) is 1. The van der Waals surface area contributed by atoms with Gasteiger partial charge in [-0.2, -0.15) is 0 Å². The summed E-state index contributed by atoms with van der Waals surface area (Å²) in [6.07, 6.45) is 0.716. The number of nitrogen functional groups attached to an aromatic ring is 1. The lowest BCUT2D eigenvalue weighted by atomic mass is 10.3. The zero-order valence-electron chi connectivity index (χ0n) is 11.7. The van der Waals surface area contributed by atoms with Gasteiger partial charge in [0, 0.05) is 16.7 Å². The van der Waals surface area contributed by atoms with Gasteiger partial charge in [-0.15, -0.1) is 0 Å². The van der Waals surface area contributed by atoms with Crippen LogP contribution in [0.25, 0.3) is 0 Å². The van der Waals surface area contributed by atoms with Gasteiger partial charge >= 0.3 is 0 Å². The molecule has 0 unspecified atom stereocenters. The van der Waals surface area contributed by atoms with Crippen molar-refractivity contribution in [3.05, 3.63) is 53.0 Å². The van der Waals surface area contributed by atoms with Gasteiger partial charge in [0.25, 0.3) is 10.0 Å². The SMILES string of the molecule is CCCN(c1ccc(N)cc1)S(=O)(=O)c1ccccc1Br. The quantitative estimate of drug-likeness (QED) is 0.819. The number of anilines is 2. The first-order valence-corrected chi connectivity index (χ1v) is 8.83. The molecule has 2 rings (SSSR count). The lowest BCUT2D eigenvalue weighted by Gasteiger charge is -2.24. The fourth-order valence-corrected chi connectivity index (χ4v) is 4.53. The molecule has 0 saturated carbocycles. The zero-order valence-corrected chi connectivity index (χ0v) is 14.1. The molecule has 0 heterocycles. The molecular formula is C15H17BrN2O2S. The van der Waals surface area contributed by atoms with E-state index >= 15 is 0 Å². The van der Waals surface area contributed by atoms with Crippen LogP contribution in [0.5, 0.6) is 0 Å². The molecule has 0 amide bonds. The van der Waals surface area contributed by atoms with Crippen molar-refractivity contribution in [2.45, 2.75) is 18.2 Å². The fourth-order valence-electron chi connectivity index (χ4n) is 2.00. The van der Waals surface area contributed by atoms with Crippen molar-refractivity contribution < 1.29 is 8.42 Å². The van der Waals surface area contributed by atoms with E-state index in [0.29, 0.717) is 28.8 Å². The Kier molecular flexibility index (Phi) is 4.90. The molecule has 4 nitrogen and oxygen atoms in total. The third kappa shape index (κ3) is 3.39. The van der Waals surface area contributed by atoms with Gasteiger partial charge in [-0.3, -0.25) is 4.31 Å². The second-order valence-electron chi connectivity index (χ2n) is 4.60. The van der Waals surface area contributed by atoms with Crippen molar-refractivity contribution >= 4 is 37.3 Å². The summed E-state index contributed by atoms with van der Waals surface area (Å²) in [7, 11) is -3.61. The minimum absolute atomic E-state index is 0.260. The predicted octanol–water partition coefficient (Wildman–Crippen LogP) is 3.64. The Morgan fingerprint density at radius 1 is 1.10 bits per heavy atom. The van der Waals surface area contributed by atoms with Crippen molar-refractivity contribution in [3.63, 3.8) is 0 Å². The first kappa shape index (κ1) is 15.9. The molecule has 112 valence electrons. The number of rotatable bonds is 5. The molecule has 0 radical (unpaired) electrons. The summed E-state index contributed by atoms with van der Waals surface area (Å²) in [6.45, 7) is 2.35. The summed E-state index contributed by atoms with van der Waals surface area (Å²) in [6, 6.07) is 13.7. The number of nitrogens with zero attached hydrogens (tertiary/aromatic N) is 1. The Balaban J connectivity index is 2.51. The van der Waals surface area contributed by atoms with Gasteiger partial charge in [0.2, 0.25) is 0 Å². The molecule has 6 heteroatoms. The summed E-state index contributed by atoms with van der Waals surface area (Å²) in [5, 5.41) is 0. The fraction of sp³-hybridized carbons (Fsp3) is 0.200. The highest BCUT2D eigenvalue weighted by molar-refractivity contribution is 9.10. The van der Waals surface area contributed by atoms with E-state index in [2.05, 4.69) is 15.9 Å². The van der Waals surface area contributed by atoms with Gasteiger partial charge in [-0.05, 0) is 58.7 Å². The lowest BCUT2D eigenvalue weighted by molar-refractivity contribution is 0.589. The van der Waals surface area contributed by atoms with Gasteiger partial charge < -0.3 is 5.73 Å². The monoisotopic (exact) mass is 368 g/mol. The molecule has 2 N–H and O–H groups in total. The van der Waals surface area contributed by atoms with Crippen molar-refractivity contribution in [3.8, 4) is 0 Å².